The Morgan fingerprint density at radius 2 is 1.13 bits per heavy atom. The van der Waals surface area contributed by atoms with Crippen LogP contribution >= 0.6 is 0 Å². The second-order valence-electron chi connectivity index (χ2n) is 13.0. The summed E-state index contributed by atoms with van der Waals surface area (Å²) < 4.78 is 75.8. The summed E-state index contributed by atoms with van der Waals surface area (Å²) in [6.45, 7) is 9.04. The van der Waals surface area contributed by atoms with Crippen molar-refractivity contribution in [3.05, 3.63) is 181 Å². The second kappa shape index (κ2) is 11.4. The van der Waals surface area contributed by atoms with Crippen molar-refractivity contribution in [1.29, 1.82) is 5.26 Å². The van der Waals surface area contributed by atoms with Crippen molar-refractivity contribution < 1.29 is 11.0 Å². The number of hydrogen-bond acceptors (Lipinski definition) is 2. The lowest BCUT2D eigenvalue weighted by Gasteiger charge is -2.25. The van der Waals surface area contributed by atoms with Crippen molar-refractivity contribution in [2.75, 3.05) is 0 Å². The van der Waals surface area contributed by atoms with Crippen molar-refractivity contribution in [3.63, 3.8) is 0 Å². The van der Waals surface area contributed by atoms with E-state index in [0.717, 1.165) is 37.8 Å². The zero-order valence-electron chi connectivity index (χ0n) is 36.2. The predicted molar refractivity (Wildman–Crippen MR) is 221 cm³/mol. The summed E-state index contributed by atoms with van der Waals surface area (Å²) in [5, 5.41) is 17.1. The molecular weight excluding hydrogens is 659 g/mol. The van der Waals surface area contributed by atoms with Gasteiger partial charge in [0.05, 0.1) is 51.0 Å². The molecule has 0 spiro atoms. The highest BCUT2D eigenvalue weighted by Crippen LogP contribution is 2.53. The van der Waals surface area contributed by atoms with E-state index in [1.807, 2.05) is 71.3 Å². The zero-order chi connectivity index (χ0) is 42.9. The van der Waals surface area contributed by atoms with Crippen molar-refractivity contribution in [1.82, 2.24) is 14.1 Å². The Bertz CT molecular complexity index is 3700. The molecule has 0 saturated heterocycles. The zero-order valence-corrected chi connectivity index (χ0v) is 28.2. The van der Waals surface area contributed by atoms with Crippen LogP contribution in [0.3, 0.4) is 0 Å². The molecule has 0 bridgehead atoms. The van der Waals surface area contributed by atoms with Crippen molar-refractivity contribution in [2.24, 2.45) is 0 Å². The lowest BCUT2D eigenvalue weighted by molar-refractivity contribution is 1.12. The SMILES string of the molecule is [2H]c1c([2H])c([2H])c2c(c1[2H])c1c([2H])c([2H])c([2H])c([2H])c1n2-c1c(C#N)c(-c2ccccc2)c([N+]#[C-])c(-n2c3cccc4c5ccccc5c5ccnc2c5c43)c1-c1ccccc1. The third kappa shape index (κ3) is 3.93. The molecule has 11 aromatic rings. The number of rotatable bonds is 4. The number of hydrogen-bond donors (Lipinski definition) is 0. The molecule has 0 aliphatic carbocycles. The fourth-order valence-corrected chi connectivity index (χ4v) is 8.38. The Morgan fingerprint density at radius 1 is 0.556 bits per heavy atom. The number of nitrogens with zero attached hydrogens (tertiary/aromatic N) is 5. The van der Waals surface area contributed by atoms with Gasteiger partial charge in [0.25, 0.3) is 0 Å². The number of para-hydroxylation sites is 2. The Labute approximate surface area is 321 Å². The molecule has 248 valence electrons. The molecule has 5 nitrogen and oxygen atoms in total. The molecule has 3 heterocycles. The van der Waals surface area contributed by atoms with Crippen LogP contribution < -0.4 is 0 Å². The minimum atomic E-state index is -0.590. The number of benzene rings is 8. The van der Waals surface area contributed by atoms with Crippen LogP contribution in [-0.2, 0) is 0 Å². The van der Waals surface area contributed by atoms with Crippen LogP contribution in [0.4, 0.5) is 5.69 Å². The van der Waals surface area contributed by atoms with Crippen molar-refractivity contribution >= 4 is 71.0 Å². The van der Waals surface area contributed by atoms with Crippen LogP contribution in [0.5, 0.6) is 0 Å². The molecule has 0 atom stereocenters. The monoisotopic (exact) mass is 693 g/mol. The molecule has 0 radical (unpaired) electrons. The van der Waals surface area contributed by atoms with Gasteiger partial charge in [-0.3, -0.25) is 0 Å². The Balaban J connectivity index is 1.51. The molecule has 54 heavy (non-hydrogen) atoms. The number of pyridine rings is 1. The van der Waals surface area contributed by atoms with Gasteiger partial charge in [0.1, 0.15) is 11.7 Å². The quantitative estimate of drug-likeness (QED) is 0.136. The molecule has 0 amide bonds. The standard InChI is InChI=1S/C49H27N5/c1-51-46-42(30-15-4-2-5-16-30)38(29-50)47(53-39-24-12-10-21-34(39)35-22-11-13-25-40(35)53)43(31-17-6-3-7-18-31)48(46)54-41-26-14-23-36-32-19-8-9-20-33(32)37-27-28-52-49(54)45(37)44(36)41/h2-28H/i10D,11D,12D,13D,21D,22D,24D,25D. The van der Waals surface area contributed by atoms with Crippen molar-refractivity contribution in [3.8, 4) is 39.7 Å². The van der Waals surface area contributed by atoms with Gasteiger partial charge < -0.3 is 9.13 Å². The number of nitriles is 1. The summed E-state index contributed by atoms with van der Waals surface area (Å²) in [5.74, 6) is 0. The van der Waals surface area contributed by atoms with Crippen LogP contribution in [0.25, 0.3) is 104 Å². The minimum absolute atomic E-state index is 0.0461. The maximum atomic E-state index is 11.6. The molecule has 0 aliphatic rings. The van der Waals surface area contributed by atoms with Crippen LogP contribution in [-0.4, -0.2) is 14.1 Å². The molecule has 3 aromatic heterocycles. The average Bonchev–Trinajstić information content (AvgIpc) is 3.85. The van der Waals surface area contributed by atoms with Crippen LogP contribution in [0.1, 0.15) is 16.5 Å². The summed E-state index contributed by atoms with van der Waals surface area (Å²) in [6, 6.07) is 32.2. The van der Waals surface area contributed by atoms with Crippen LogP contribution in [0, 0.1) is 17.9 Å². The van der Waals surface area contributed by atoms with E-state index in [1.54, 1.807) is 30.5 Å². The first-order valence-electron chi connectivity index (χ1n) is 21.3. The fraction of sp³-hybridized carbons (Fsp3) is 0. The topological polar surface area (TPSA) is 50.9 Å². The molecule has 0 N–H and O–H groups in total. The van der Waals surface area contributed by atoms with Crippen LogP contribution in [0.15, 0.2) is 164 Å². The normalized spacial score (nSPS) is 13.7. The highest BCUT2D eigenvalue weighted by atomic mass is 15.1. The van der Waals surface area contributed by atoms with Gasteiger partial charge in [-0.05, 0) is 56.9 Å². The van der Waals surface area contributed by atoms with Gasteiger partial charge in [0, 0.05) is 38.9 Å². The molecule has 11 rings (SSSR count). The van der Waals surface area contributed by atoms with E-state index in [4.69, 9.17) is 17.0 Å². The first kappa shape index (κ1) is 23.0. The highest BCUT2D eigenvalue weighted by molar-refractivity contribution is 6.34. The molecule has 8 aromatic carbocycles. The van der Waals surface area contributed by atoms with E-state index in [2.05, 4.69) is 29.1 Å². The van der Waals surface area contributed by atoms with E-state index in [0.29, 0.717) is 28.0 Å². The van der Waals surface area contributed by atoms with E-state index >= 15 is 0 Å². The Kier molecular flexibility index (Phi) is 4.84. The number of aromatic nitrogens is 3. The van der Waals surface area contributed by atoms with Gasteiger partial charge in [0.15, 0.2) is 0 Å². The highest BCUT2D eigenvalue weighted by Gasteiger charge is 2.32. The predicted octanol–water partition coefficient (Wildman–Crippen LogP) is 12.8. The van der Waals surface area contributed by atoms with Gasteiger partial charge in [-0.25, -0.2) is 9.83 Å². The van der Waals surface area contributed by atoms with Gasteiger partial charge >= 0.3 is 0 Å². The molecule has 0 aliphatic heterocycles. The van der Waals surface area contributed by atoms with Gasteiger partial charge in [0.2, 0.25) is 5.69 Å². The van der Waals surface area contributed by atoms with Gasteiger partial charge in [-0.2, -0.15) is 5.26 Å². The second-order valence-corrected chi connectivity index (χ2v) is 13.0. The fourth-order valence-electron chi connectivity index (χ4n) is 8.38. The first-order valence-corrected chi connectivity index (χ1v) is 17.3. The Hall–Kier alpha value is -7.73. The molecular formula is C49H27N5. The van der Waals surface area contributed by atoms with Crippen molar-refractivity contribution in [2.45, 2.75) is 0 Å². The largest absolute Gasteiger partial charge is 0.307 e. The molecule has 0 saturated carbocycles. The van der Waals surface area contributed by atoms with E-state index < -0.39 is 48.3 Å². The third-order valence-corrected chi connectivity index (χ3v) is 10.4. The summed E-state index contributed by atoms with van der Waals surface area (Å²) in [5.41, 5.74) is 2.96. The molecule has 0 unspecified atom stereocenters. The number of fused-ring (bicyclic) bond motifs is 6. The summed E-state index contributed by atoms with van der Waals surface area (Å²) in [4.78, 5) is 9.30. The van der Waals surface area contributed by atoms with Gasteiger partial charge in [-0.15, -0.1) is 0 Å². The van der Waals surface area contributed by atoms with E-state index in [-0.39, 0.29) is 44.3 Å². The third-order valence-electron chi connectivity index (χ3n) is 10.4. The minimum Gasteiger partial charge on any atom is -0.307 e. The van der Waals surface area contributed by atoms with Gasteiger partial charge in [-0.1, -0.05) is 133 Å². The Morgan fingerprint density at radius 3 is 1.76 bits per heavy atom. The van der Waals surface area contributed by atoms with E-state index in [9.17, 15) is 10.7 Å². The first-order chi connectivity index (χ1) is 30.1. The summed E-state index contributed by atoms with van der Waals surface area (Å²) in [7, 11) is 0. The van der Waals surface area contributed by atoms with Crippen LogP contribution in [0.2, 0.25) is 0 Å². The molecule has 5 heteroatoms. The lowest BCUT2D eigenvalue weighted by Crippen LogP contribution is -2.09. The smallest absolute Gasteiger partial charge is 0.220 e. The summed E-state index contributed by atoms with van der Waals surface area (Å²) >= 11 is 0. The molecule has 0 fully saturated rings. The average molecular weight is 694 g/mol. The summed E-state index contributed by atoms with van der Waals surface area (Å²) in [6.07, 6.45) is 1.73. The lowest BCUT2D eigenvalue weighted by atomic mass is 9.88. The van der Waals surface area contributed by atoms with E-state index in [1.165, 1.54) is 4.57 Å². The maximum Gasteiger partial charge on any atom is 0.220 e. The maximum absolute atomic E-state index is 11.6.